The lowest BCUT2D eigenvalue weighted by Gasteiger charge is -2.21. The molecule has 0 aliphatic carbocycles. The Morgan fingerprint density at radius 1 is 1.40 bits per heavy atom. The van der Waals surface area contributed by atoms with Gasteiger partial charge in [-0.3, -0.25) is 4.98 Å². The van der Waals surface area contributed by atoms with E-state index in [1.807, 2.05) is 0 Å². The van der Waals surface area contributed by atoms with E-state index in [0.29, 0.717) is 37.9 Å². The molecule has 2 aromatic rings. The van der Waals surface area contributed by atoms with Crippen LogP contribution in [0.15, 0.2) is 33.9 Å². The van der Waals surface area contributed by atoms with Gasteiger partial charge in [0, 0.05) is 26.0 Å². The van der Waals surface area contributed by atoms with Crippen LogP contribution in [-0.4, -0.2) is 54.7 Å². The van der Waals surface area contributed by atoms with Gasteiger partial charge in [0.1, 0.15) is 11.5 Å². The molecule has 0 saturated carbocycles. The highest BCUT2D eigenvalue weighted by molar-refractivity contribution is 7.89. The Labute approximate surface area is 146 Å². The number of sulfonamides is 1. The van der Waals surface area contributed by atoms with Gasteiger partial charge in [0.25, 0.3) is 5.89 Å². The smallest absolute Gasteiger partial charge is 0.252 e. The van der Waals surface area contributed by atoms with E-state index < -0.39 is 16.1 Å². The van der Waals surface area contributed by atoms with E-state index in [4.69, 9.17) is 14.0 Å². The zero-order valence-corrected chi connectivity index (χ0v) is 14.7. The van der Waals surface area contributed by atoms with Crippen molar-refractivity contribution in [2.24, 2.45) is 0 Å². The van der Waals surface area contributed by atoms with Crippen LogP contribution in [0, 0.1) is 0 Å². The molecular formula is C15H20N4O5S. The molecule has 3 rings (SSSR count). The highest BCUT2D eigenvalue weighted by Gasteiger charge is 2.38. The fraction of sp³-hybridized carbons (Fsp3) is 0.533. The monoisotopic (exact) mass is 368 g/mol. The van der Waals surface area contributed by atoms with Crippen molar-refractivity contribution < 1.29 is 22.4 Å². The largest absolute Gasteiger partial charge is 0.382 e. The Kier molecular flexibility index (Phi) is 5.74. The van der Waals surface area contributed by atoms with Crippen molar-refractivity contribution in [3.05, 3.63) is 36.2 Å². The fourth-order valence-corrected chi connectivity index (χ4v) is 4.30. The molecule has 2 aromatic heterocycles. The van der Waals surface area contributed by atoms with E-state index in [9.17, 15) is 8.42 Å². The van der Waals surface area contributed by atoms with Gasteiger partial charge < -0.3 is 14.0 Å². The molecule has 1 fully saturated rings. The number of methoxy groups -OCH3 is 1. The molecule has 0 radical (unpaired) electrons. The summed E-state index contributed by atoms with van der Waals surface area (Å²) in [7, 11) is -2.06. The molecule has 1 aliphatic heterocycles. The molecule has 0 spiro atoms. The number of rotatable bonds is 8. The zero-order valence-electron chi connectivity index (χ0n) is 13.9. The predicted molar refractivity (Wildman–Crippen MR) is 85.9 cm³/mol. The Morgan fingerprint density at radius 3 is 3.04 bits per heavy atom. The van der Waals surface area contributed by atoms with Crippen molar-refractivity contribution in [3.63, 3.8) is 0 Å². The topological polar surface area (TPSA) is 108 Å². The summed E-state index contributed by atoms with van der Waals surface area (Å²) in [5.74, 6) is 0.673. The number of hydrogen-bond donors (Lipinski definition) is 0. The predicted octanol–water partition coefficient (Wildman–Crippen LogP) is 1.15. The molecule has 0 bridgehead atoms. The number of nitrogens with zero attached hydrogens (tertiary/aromatic N) is 4. The van der Waals surface area contributed by atoms with Crippen LogP contribution in [0.5, 0.6) is 0 Å². The number of ether oxygens (including phenoxy) is 2. The second-order valence-electron chi connectivity index (χ2n) is 5.55. The average Bonchev–Trinajstić information content (AvgIpc) is 3.29. The maximum atomic E-state index is 12.8. The lowest BCUT2D eigenvalue weighted by Crippen LogP contribution is -2.31. The molecule has 1 aliphatic rings. The van der Waals surface area contributed by atoms with Gasteiger partial charge in [0.05, 0.1) is 19.3 Å². The maximum Gasteiger partial charge on any atom is 0.252 e. The average molecular weight is 368 g/mol. The Morgan fingerprint density at radius 2 is 2.28 bits per heavy atom. The first kappa shape index (κ1) is 17.9. The summed E-state index contributed by atoms with van der Waals surface area (Å²) in [4.78, 5) is 8.33. The van der Waals surface area contributed by atoms with Crippen LogP contribution < -0.4 is 0 Å². The third-order valence-electron chi connectivity index (χ3n) is 3.88. The van der Waals surface area contributed by atoms with Gasteiger partial charge in [-0.1, -0.05) is 5.16 Å². The Balaban J connectivity index is 1.73. The molecule has 9 nitrogen and oxygen atoms in total. The quantitative estimate of drug-likeness (QED) is 0.639. The lowest BCUT2D eigenvalue weighted by atomic mass is 10.2. The van der Waals surface area contributed by atoms with Crippen molar-refractivity contribution in [2.75, 3.05) is 26.9 Å². The zero-order chi connectivity index (χ0) is 17.7. The van der Waals surface area contributed by atoms with Gasteiger partial charge in [-0.25, -0.2) is 8.42 Å². The highest BCUT2D eigenvalue weighted by Crippen LogP contribution is 2.35. The van der Waals surface area contributed by atoms with E-state index in [1.54, 1.807) is 13.2 Å². The van der Waals surface area contributed by atoms with Crippen LogP contribution in [0.3, 0.4) is 0 Å². The van der Waals surface area contributed by atoms with Crippen LogP contribution in [0.2, 0.25) is 0 Å². The van der Waals surface area contributed by atoms with Crippen molar-refractivity contribution in [3.8, 4) is 0 Å². The molecule has 25 heavy (non-hydrogen) atoms. The summed E-state index contributed by atoms with van der Waals surface area (Å²) in [6, 6.07) is 2.69. The first-order valence-corrected chi connectivity index (χ1v) is 9.38. The standard InChI is InChI=1S/C15H20N4O5S/c1-22-8-9-23-11-14-17-15(18-24-14)13-5-3-7-19(13)25(20,21)12-4-2-6-16-10-12/h2,4,6,10,13H,3,5,7-9,11H2,1H3. The number of pyridine rings is 1. The molecular weight excluding hydrogens is 348 g/mol. The van der Waals surface area contributed by atoms with Gasteiger partial charge >= 0.3 is 0 Å². The van der Waals surface area contributed by atoms with Crippen LogP contribution in [-0.2, 0) is 26.1 Å². The molecule has 3 heterocycles. The van der Waals surface area contributed by atoms with E-state index in [1.165, 1.54) is 22.8 Å². The Hall–Kier alpha value is -1.88. The van der Waals surface area contributed by atoms with Crippen LogP contribution in [0.1, 0.15) is 30.6 Å². The van der Waals surface area contributed by atoms with E-state index >= 15 is 0 Å². The first-order chi connectivity index (χ1) is 12.1. The number of aromatic nitrogens is 3. The summed E-state index contributed by atoms with van der Waals surface area (Å²) in [5, 5.41) is 3.94. The summed E-state index contributed by atoms with van der Waals surface area (Å²) < 4.78 is 42.5. The molecule has 10 heteroatoms. The fourth-order valence-electron chi connectivity index (χ4n) is 2.68. The van der Waals surface area contributed by atoms with Crippen molar-refractivity contribution in [1.29, 1.82) is 0 Å². The molecule has 1 atom stereocenters. The minimum Gasteiger partial charge on any atom is -0.382 e. The van der Waals surface area contributed by atoms with E-state index in [2.05, 4.69) is 15.1 Å². The minimum absolute atomic E-state index is 0.161. The molecule has 1 unspecified atom stereocenters. The van der Waals surface area contributed by atoms with Crippen molar-refractivity contribution >= 4 is 10.0 Å². The molecule has 136 valence electrons. The second-order valence-corrected chi connectivity index (χ2v) is 7.44. The van der Waals surface area contributed by atoms with Gasteiger partial charge in [0.2, 0.25) is 10.0 Å². The van der Waals surface area contributed by atoms with Gasteiger partial charge in [-0.15, -0.1) is 0 Å². The summed E-state index contributed by atoms with van der Waals surface area (Å²) >= 11 is 0. The van der Waals surface area contributed by atoms with Gasteiger partial charge in [-0.2, -0.15) is 9.29 Å². The summed E-state index contributed by atoms with van der Waals surface area (Å²) in [6.45, 7) is 1.47. The Bertz CT molecular complexity index is 780. The maximum absolute atomic E-state index is 12.8. The normalized spacial score (nSPS) is 18.7. The second kappa shape index (κ2) is 8.00. The van der Waals surface area contributed by atoms with Crippen LogP contribution in [0.4, 0.5) is 0 Å². The molecule has 0 amide bonds. The SMILES string of the molecule is COCCOCc1nc(C2CCCN2S(=O)(=O)c2cccnc2)no1. The molecule has 0 aromatic carbocycles. The lowest BCUT2D eigenvalue weighted by molar-refractivity contribution is 0.0494. The summed E-state index contributed by atoms with van der Waals surface area (Å²) in [6.07, 6.45) is 4.26. The molecule has 1 saturated heterocycles. The third-order valence-corrected chi connectivity index (χ3v) is 5.78. The van der Waals surface area contributed by atoms with Crippen molar-refractivity contribution in [2.45, 2.75) is 30.4 Å². The van der Waals surface area contributed by atoms with Crippen LogP contribution >= 0.6 is 0 Å². The summed E-state index contributed by atoms with van der Waals surface area (Å²) in [5.41, 5.74) is 0. The van der Waals surface area contributed by atoms with E-state index in [-0.39, 0.29) is 11.5 Å². The first-order valence-electron chi connectivity index (χ1n) is 7.94. The highest BCUT2D eigenvalue weighted by atomic mass is 32.2. The molecule has 0 N–H and O–H groups in total. The van der Waals surface area contributed by atoms with E-state index in [0.717, 1.165) is 6.42 Å². The van der Waals surface area contributed by atoms with Crippen LogP contribution in [0.25, 0.3) is 0 Å². The van der Waals surface area contributed by atoms with Gasteiger partial charge in [-0.05, 0) is 25.0 Å². The minimum atomic E-state index is -3.65. The number of hydrogen-bond acceptors (Lipinski definition) is 8. The van der Waals surface area contributed by atoms with Gasteiger partial charge in [0.15, 0.2) is 5.82 Å². The van der Waals surface area contributed by atoms with Crippen molar-refractivity contribution in [1.82, 2.24) is 19.4 Å². The third kappa shape index (κ3) is 4.03.